The topological polar surface area (TPSA) is 6.48 Å². The molecule has 0 bridgehead atoms. The molecule has 0 N–H and O–H groups in total. The Balaban J connectivity index is 1.89. The van der Waals surface area contributed by atoms with Gasteiger partial charge in [-0.2, -0.15) is 0 Å². The zero-order valence-electron chi connectivity index (χ0n) is 9.05. The van der Waals surface area contributed by atoms with Crippen LogP contribution < -0.4 is 0 Å². The summed E-state index contributed by atoms with van der Waals surface area (Å²) >= 11 is 0. The third-order valence-corrected chi connectivity index (χ3v) is 3.69. The number of hydrogen-bond donors (Lipinski definition) is 0. The van der Waals surface area contributed by atoms with E-state index in [0.29, 0.717) is 5.41 Å². The van der Waals surface area contributed by atoms with E-state index in [9.17, 15) is 0 Å². The molecule has 2 saturated heterocycles. The Morgan fingerprint density at radius 3 is 2.54 bits per heavy atom. The van der Waals surface area contributed by atoms with E-state index >= 15 is 0 Å². The van der Waals surface area contributed by atoms with Crippen LogP contribution in [0, 0.1) is 5.41 Å². The van der Waals surface area contributed by atoms with Gasteiger partial charge in [-0.3, -0.25) is 0 Å². The number of nitrogens with zero attached hydrogens (tertiary/aromatic N) is 2. The van der Waals surface area contributed by atoms with E-state index in [0.717, 1.165) is 0 Å². The van der Waals surface area contributed by atoms with Crippen LogP contribution in [0.4, 0.5) is 0 Å². The lowest BCUT2D eigenvalue weighted by Gasteiger charge is -2.23. The van der Waals surface area contributed by atoms with Gasteiger partial charge in [0.25, 0.3) is 0 Å². The fourth-order valence-electron chi connectivity index (χ4n) is 3.03. The van der Waals surface area contributed by atoms with Crippen LogP contribution in [0.15, 0.2) is 0 Å². The molecule has 13 heavy (non-hydrogen) atoms. The Morgan fingerprint density at radius 1 is 1.15 bits per heavy atom. The highest BCUT2D eigenvalue weighted by Crippen LogP contribution is 2.38. The van der Waals surface area contributed by atoms with Gasteiger partial charge in [-0.05, 0) is 51.4 Å². The van der Waals surface area contributed by atoms with Gasteiger partial charge in [0.05, 0.1) is 0 Å². The van der Waals surface area contributed by atoms with Crippen LogP contribution in [0.25, 0.3) is 0 Å². The minimum atomic E-state index is 0.684. The molecule has 1 spiro atoms. The van der Waals surface area contributed by atoms with Crippen LogP contribution >= 0.6 is 0 Å². The molecule has 1 atom stereocenters. The van der Waals surface area contributed by atoms with Gasteiger partial charge < -0.3 is 9.80 Å². The largest absolute Gasteiger partial charge is 0.306 e. The number of rotatable bonds is 2. The van der Waals surface area contributed by atoms with E-state index in [2.05, 4.69) is 23.8 Å². The first-order chi connectivity index (χ1) is 6.24. The van der Waals surface area contributed by atoms with E-state index < -0.39 is 0 Å². The highest BCUT2D eigenvalue weighted by molar-refractivity contribution is 4.95. The molecule has 0 aromatic carbocycles. The lowest BCUT2D eigenvalue weighted by atomic mass is 9.86. The molecule has 2 nitrogen and oxygen atoms in total. The van der Waals surface area contributed by atoms with Crippen molar-refractivity contribution >= 4 is 0 Å². The molecular formula is C11H22N2. The highest BCUT2D eigenvalue weighted by Gasteiger charge is 2.41. The standard InChI is InChI=1S/C11H22N2/c1-3-6-13-8-5-11(10-13)4-7-12(2)9-11/h3-10H2,1-2H3. The molecule has 0 aromatic heterocycles. The Kier molecular flexibility index (Phi) is 2.61. The van der Waals surface area contributed by atoms with Gasteiger partial charge in [0.2, 0.25) is 0 Å². The second-order valence-electron chi connectivity index (χ2n) is 5.01. The summed E-state index contributed by atoms with van der Waals surface area (Å²) in [4.78, 5) is 5.15. The molecule has 0 radical (unpaired) electrons. The molecule has 76 valence electrons. The van der Waals surface area contributed by atoms with E-state index in [1.54, 1.807) is 0 Å². The maximum Gasteiger partial charge on any atom is 0.00512 e. The molecule has 2 fully saturated rings. The molecule has 0 aromatic rings. The summed E-state index contributed by atoms with van der Waals surface area (Å²) in [6, 6.07) is 0. The van der Waals surface area contributed by atoms with Crippen molar-refractivity contribution in [3.05, 3.63) is 0 Å². The normalized spacial score (nSPS) is 36.5. The smallest absolute Gasteiger partial charge is 0.00512 e. The van der Waals surface area contributed by atoms with Gasteiger partial charge in [0, 0.05) is 13.1 Å². The molecule has 2 heterocycles. The first kappa shape index (κ1) is 9.47. The highest BCUT2D eigenvalue weighted by atomic mass is 15.2. The Labute approximate surface area is 81.9 Å². The maximum atomic E-state index is 2.65. The molecule has 2 heteroatoms. The Morgan fingerprint density at radius 2 is 1.92 bits per heavy atom. The fraction of sp³-hybridized carbons (Fsp3) is 1.00. The quantitative estimate of drug-likeness (QED) is 0.637. The van der Waals surface area contributed by atoms with Crippen LogP contribution in [0.3, 0.4) is 0 Å². The molecule has 0 aliphatic carbocycles. The van der Waals surface area contributed by atoms with Gasteiger partial charge in [-0.25, -0.2) is 0 Å². The first-order valence-electron chi connectivity index (χ1n) is 5.65. The van der Waals surface area contributed by atoms with Gasteiger partial charge in [0.15, 0.2) is 0 Å². The zero-order chi connectivity index (χ0) is 9.31. The van der Waals surface area contributed by atoms with Crippen molar-refractivity contribution < 1.29 is 0 Å². The molecule has 2 aliphatic rings. The van der Waals surface area contributed by atoms with Gasteiger partial charge in [-0.15, -0.1) is 0 Å². The average molecular weight is 182 g/mol. The third kappa shape index (κ3) is 1.89. The van der Waals surface area contributed by atoms with Crippen LogP contribution in [-0.4, -0.2) is 49.6 Å². The zero-order valence-corrected chi connectivity index (χ0v) is 9.05. The van der Waals surface area contributed by atoms with Crippen molar-refractivity contribution in [2.45, 2.75) is 26.2 Å². The summed E-state index contributed by atoms with van der Waals surface area (Å²) in [6.45, 7) is 8.97. The number of likely N-dealkylation sites (tertiary alicyclic amines) is 2. The summed E-state index contributed by atoms with van der Waals surface area (Å²) in [6.07, 6.45) is 4.19. The summed E-state index contributed by atoms with van der Waals surface area (Å²) in [7, 11) is 2.26. The van der Waals surface area contributed by atoms with Gasteiger partial charge in [-0.1, -0.05) is 6.92 Å². The second kappa shape index (κ2) is 3.58. The van der Waals surface area contributed by atoms with Crippen molar-refractivity contribution in [3.63, 3.8) is 0 Å². The van der Waals surface area contributed by atoms with E-state index in [1.807, 2.05) is 0 Å². The molecule has 1 unspecified atom stereocenters. The summed E-state index contributed by atoms with van der Waals surface area (Å²) in [5, 5.41) is 0. The minimum Gasteiger partial charge on any atom is -0.306 e. The molecular weight excluding hydrogens is 160 g/mol. The van der Waals surface area contributed by atoms with E-state index in [-0.39, 0.29) is 0 Å². The predicted octanol–water partition coefficient (Wildman–Crippen LogP) is 1.42. The van der Waals surface area contributed by atoms with Gasteiger partial charge in [0.1, 0.15) is 0 Å². The molecule has 0 amide bonds. The average Bonchev–Trinajstić information content (AvgIpc) is 2.62. The Bertz CT molecular complexity index is 181. The van der Waals surface area contributed by atoms with Crippen LogP contribution in [0.1, 0.15) is 26.2 Å². The summed E-state index contributed by atoms with van der Waals surface area (Å²) < 4.78 is 0. The van der Waals surface area contributed by atoms with E-state index in [1.165, 1.54) is 52.0 Å². The van der Waals surface area contributed by atoms with Crippen molar-refractivity contribution in [1.29, 1.82) is 0 Å². The number of hydrogen-bond acceptors (Lipinski definition) is 2. The summed E-state index contributed by atoms with van der Waals surface area (Å²) in [5.41, 5.74) is 0.684. The summed E-state index contributed by atoms with van der Waals surface area (Å²) in [5.74, 6) is 0. The molecule has 2 aliphatic heterocycles. The van der Waals surface area contributed by atoms with Crippen molar-refractivity contribution in [1.82, 2.24) is 9.80 Å². The monoisotopic (exact) mass is 182 g/mol. The lowest BCUT2D eigenvalue weighted by molar-refractivity contribution is 0.255. The van der Waals surface area contributed by atoms with Crippen molar-refractivity contribution in [2.75, 3.05) is 39.8 Å². The molecule has 2 rings (SSSR count). The van der Waals surface area contributed by atoms with Crippen LogP contribution in [-0.2, 0) is 0 Å². The second-order valence-corrected chi connectivity index (χ2v) is 5.01. The minimum absolute atomic E-state index is 0.684. The fourth-order valence-corrected chi connectivity index (χ4v) is 3.03. The van der Waals surface area contributed by atoms with Crippen LogP contribution in [0.5, 0.6) is 0 Å². The molecule has 0 saturated carbocycles. The van der Waals surface area contributed by atoms with Gasteiger partial charge >= 0.3 is 0 Å². The van der Waals surface area contributed by atoms with E-state index in [4.69, 9.17) is 0 Å². The van der Waals surface area contributed by atoms with Crippen molar-refractivity contribution in [2.24, 2.45) is 5.41 Å². The lowest BCUT2D eigenvalue weighted by Crippen LogP contribution is -2.30. The third-order valence-electron chi connectivity index (χ3n) is 3.69. The maximum absolute atomic E-state index is 2.65. The first-order valence-corrected chi connectivity index (χ1v) is 5.65. The van der Waals surface area contributed by atoms with Crippen LogP contribution in [0.2, 0.25) is 0 Å². The van der Waals surface area contributed by atoms with Crippen molar-refractivity contribution in [3.8, 4) is 0 Å². The Hall–Kier alpha value is -0.0800. The SMILES string of the molecule is CCCN1CCC2(CCN(C)C2)C1. The predicted molar refractivity (Wildman–Crippen MR) is 55.9 cm³/mol.